The van der Waals surface area contributed by atoms with E-state index < -0.39 is 6.03 Å². The van der Waals surface area contributed by atoms with E-state index in [1.54, 1.807) is 24.3 Å². The highest BCUT2D eigenvalue weighted by molar-refractivity contribution is 7.96. The van der Waals surface area contributed by atoms with Crippen LogP contribution < -0.4 is 15.2 Å². The normalized spacial score (nSPS) is 10.0. The van der Waals surface area contributed by atoms with Crippen LogP contribution in [0.15, 0.2) is 84.9 Å². The Kier molecular flexibility index (Phi) is 6.43. The number of para-hydroxylation sites is 2. The third-order valence-electron chi connectivity index (χ3n) is 3.76. The summed E-state index contributed by atoms with van der Waals surface area (Å²) in [6, 6.07) is 26.5. The number of nitrogens with two attached hydrogens (primary N) is 1. The van der Waals surface area contributed by atoms with Crippen LogP contribution in [0.2, 0.25) is 0 Å². The summed E-state index contributed by atoms with van der Waals surface area (Å²) in [7, 11) is 0. The van der Waals surface area contributed by atoms with Gasteiger partial charge in [0.1, 0.15) is 0 Å². The van der Waals surface area contributed by atoms with Crippen LogP contribution in [0, 0.1) is 0 Å². The highest BCUT2D eigenvalue weighted by atomic mass is 32.2. The molecule has 0 radical (unpaired) electrons. The van der Waals surface area contributed by atoms with Crippen LogP contribution in [0.25, 0.3) is 21.8 Å². The van der Waals surface area contributed by atoms with Crippen molar-refractivity contribution in [2.45, 2.75) is 0 Å². The fourth-order valence-corrected chi connectivity index (χ4v) is 2.85. The number of benzene rings is 3. The lowest BCUT2D eigenvalue weighted by atomic mass is 10.1. The Bertz CT molecular complexity index is 998. The van der Waals surface area contributed by atoms with Gasteiger partial charge in [0.15, 0.2) is 0 Å². The average molecular weight is 390 g/mol. The van der Waals surface area contributed by atoms with Crippen molar-refractivity contribution in [1.29, 1.82) is 0 Å². The topological polar surface area (TPSA) is 97.1 Å². The molecular formula is C21H18N4O2S. The van der Waals surface area contributed by atoms with Crippen LogP contribution in [0.1, 0.15) is 10.4 Å². The van der Waals surface area contributed by atoms with Gasteiger partial charge in [-0.25, -0.2) is 9.78 Å². The van der Waals surface area contributed by atoms with Gasteiger partial charge < -0.3 is 5.73 Å². The molecule has 1 aromatic heterocycles. The van der Waals surface area contributed by atoms with E-state index in [9.17, 15) is 9.59 Å². The zero-order chi connectivity index (χ0) is 19.8. The number of urea groups is 1. The Morgan fingerprint density at radius 1 is 0.750 bits per heavy atom. The van der Waals surface area contributed by atoms with Crippen molar-refractivity contribution in [2.24, 2.45) is 5.73 Å². The fourth-order valence-electron chi connectivity index (χ4n) is 2.49. The zero-order valence-corrected chi connectivity index (χ0v) is 15.6. The summed E-state index contributed by atoms with van der Waals surface area (Å²) in [6.45, 7) is 0. The van der Waals surface area contributed by atoms with Crippen molar-refractivity contribution < 1.29 is 9.59 Å². The highest BCUT2D eigenvalue weighted by Gasteiger charge is 2.03. The summed E-state index contributed by atoms with van der Waals surface area (Å²) in [4.78, 5) is 26.1. The molecule has 0 aliphatic rings. The minimum Gasteiger partial charge on any atom is -0.351 e. The Hall–Kier alpha value is -3.58. The number of nitrogens with zero attached hydrogens (tertiary/aromatic N) is 1. The van der Waals surface area contributed by atoms with Crippen molar-refractivity contribution in [1.82, 2.24) is 14.4 Å². The molecule has 3 amide bonds. The molecule has 0 saturated heterocycles. The molecule has 0 spiro atoms. The number of hydrogen-bond donors (Lipinski definition) is 3. The summed E-state index contributed by atoms with van der Waals surface area (Å²) in [5.41, 5.74) is 7.44. The lowest BCUT2D eigenvalue weighted by molar-refractivity contribution is 0.0984. The first-order valence-corrected chi connectivity index (χ1v) is 9.26. The van der Waals surface area contributed by atoms with Crippen LogP contribution in [-0.2, 0) is 0 Å². The first-order chi connectivity index (χ1) is 13.6. The van der Waals surface area contributed by atoms with Gasteiger partial charge >= 0.3 is 6.03 Å². The summed E-state index contributed by atoms with van der Waals surface area (Å²) in [6.07, 6.45) is 0. The number of carbonyl (C=O) groups excluding carboxylic acids is 2. The SMILES string of the molecule is NC(=O)NSNC(=O)c1ccccc1.c1ccc2nc3ccccc3cc2c1. The van der Waals surface area contributed by atoms with Gasteiger partial charge in [0.2, 0.25) is 0 Å². The van der Waals surface area contributed by atoms with E-state index in [4.69, 9.17) is 5.73 Å². The summed E-state index contributed by atoms with van der Waals surface area (Å²) >= 11 is 0.740. The molecule has 1 heterocycles. The van der Waals surface area contributed by atoms with Gasteiger partial charge in [-0.15, -0.1) is 0 Å². The Morgan fingerprint density at radius 3 is 1.86 bits per heavy atom. The second-order valence-corrected chi connectivity index (χ2v) is 6.35. The van der Waals surface area contributed by atoms with E-state index >= 15 is 0 Å². The molecule has 3 aromatic carbocycles. The molecule has 0 bridgehead atoms. The Balaban J connectivity index is 0.000000161. The molecular weight excluding hydrogens is 372 g/mol. The maximum Gasteiger partial charge on any atom is 0.323 e. The molecule has 0 fully saturated rings. The number of pyridine rings is 1. The van der Waals surface area contributed by atoms with Gasteiger partial charge in [-0.1, -0.05) is 54.6 Å². The van der Waals surface area contributed by atoms with Crippen molar-refractivity contribution in [3.8, 4) is 0 Å². The van der Waals surface area contributed by atoms with E-state index in [1.165, 1.54) is 10.8 Å². The van der Waals surface area contributed by atoms with Crippen LogP contribution >= 0.6 is 12.1 Å². The molecule has 4 N–H and O–H groups in total. The quantitative estimate of drug-likeness (QED) is 0.363. The van der Waals surface area contributed by atoms with E-state index in [2.05, 4.69) is 32.6 Å². The van der Waals surface area contributed by atoms with E-state index in [0.717, 1.165) is 23.2 Å². The lowest BCUT2D eigenvalue weighted by Crippen LogP contribution is -2.28. The van der Waals surface area contributed by atoms with Crippen molar-refractivity contribution in [3.63, 3.8) is 0 Å². The molecule has 0 aliphatic carbocycles. The van der Waals surface area contributed by atoms with Crippen LogP contribution in [0.4, 0.5) is 4.79 Å². The number of nitrogens with one attached hydrogen (secondary N) is 2. The molecule has 0 aliphatic heterocycles. The Morgan fingerprint density at radius 2 is 1.29 bits per heavy atom. The molecule has 140 valence electrons. The summed E-state index contributed by atoms with van der Waals surface area (Å²) in [5.74, 6) is -0.288. The van der Waals surface area contributed by atoms with E-state index in [-0.39, 0.29) is 5.91 Å². The largest absolute Gasteiger partial charge is 0.351 e. The van der Waals surface area contributed by atoms with Crippen molar-refractivity contribution in [3.05, 3.63) is 90.5 Å². The van der Waals surface area contributed by atoms with Crippen molar-refractivity contribution >= 4 is 45.9 Å². The predicted molar refractivity (Wildman–Crippen MR) is 113 cm³/mol. The minimum absolute atomic E-state index is 0.288. The zero-order valence-electron chi connectivity index (χ0n) is 14.8. The van der Waals surface area contributed by atoms with Crippen LogP contribution in [0.5, 0.6) is 0 Å². The third-order valence-corrected chi connectivity index (χ3v) is 4.35. The minimum atomic E-state index is -0.705. The van der Waals surface area contributed by atoms with Crippen molar-refractivity contribution in [2.75, 3.05) is 0 Å². The van der Waals surface area contributed by atoms with Gasteiger partial charge in [0.25, 0.3) is 5.91 Å². The molecule has 7 heteroatoms. The lowest BCUT2D eigenvalue weighted by Gasteiger charge is -2.02. The number of amides is 3. The Labute approximate surface area is 166 Å². The molecule has 4 aromatic rings. The third kappa shape index (κ3) is 5.21. The monoisotopic (exact) mass is 390 g/mol. The number of fused-ring (bicyclic) bond motifs is 2. The number of aromatic nitrogens is 1. The second-order valence-electron chi connectivity index (χ2n) is 5.74. The van der Waals surface area contributed by atoms with Crippen LogP contribution in [-0.4, -0.2) is 16.9 Å². The average Bonchev–Trinajstić information content (AvgIpc) is 2.73. The molecule has 0 unspecified atom stereocenters. The van der Waals surface area contributed by atoms with Gasteiger partial charge in [0.05, 0.1) is 23.2 Å². The predicted octanol–water partition coefficient (Wildman–Crippen LogP) is 4.04. The van der Waals surface area contributed by atoms with E-state index in [1.807, 2.05) is 42.5 Å². The summed E-state index contributed by atoms with van der Waals surface area (Å²) in [5, 5.41) is 2.40. The molecule has 0 saturated carbocycles. The van der Waals surface area contributed by atoms with Gasteiger partial charge in [-0.2, -0.15) is 0 Å². The van der Waals surface area contributed by atoms with Gasteiger partial charge in [-0.3, -0.25) is 14.2 Å². The number of rotatable bonds is 3. The van der Waals surface area contributed by atoms with Crippen LogP contribution in [0.3, 0.4) is 0 Å². The fraction of sp³-hybridized carbons (Fsp3) is 0. The maximum absolute atomic E-state index is 11.3. The second kappa shape index (κ2) is 9.38. The highest BCUT2D eigenvalue weighted by Crippen LogP contribution is 2.18. The molecule has 4 rings (SSSR count). The van der Waals surface area contributed by atoms with Gasteiger partial charge in [-0.05, 0) is 30.3 Å². The number of hydrogen-bond acceptors (Lipinski definition) is 4. The van der Waals surface area contributed by atoms with E-state index in [0.29, 0.717) is 5.56 Å². The standard InChI is InChI=1S/C13H9N.C8H9N3O2S/c1-3-7-12-10(5-1)9-11-6-2-4-8-13(11)14-12;9-8(13)11-14-10-7(12)6-4-2-1-3-5-6/h1-9H;1-5H,(H,10,12)(H3,9,11,13). The first-order valence-electron chi connectivity index (χ1n) is 8.45. The number of primary amides is 1. The number of carbonyl (C=O) groups is 2. The molecule has 6 nitrogen and oxygen atoms in total. The first kappa shape index (κ1) is 19.2. The maximum atomic E-state index is 11.3. The molecule has 0 atom stereocenters. The smallest absolute Gasteiger partial charge is 0.323 e. The summed E-state index contributed by atoms with van der Waals surface area (Å²) < 4.78 is 4.57. The molecule has 28 heavy (non-hydrogen) atoms. The van der Waals surface area contributed by atoms with Gasteiger partial charge in [0, 0.05) is 16.3 Å².